The van der Waals surface area contributed by atoms with Gasteiger partial charge in [-0.05, 0) is 29.8 Å². The largest absolute Gasteiger partial charge is 0.508 e. The van der Waals surface area contributed by atoms with Crippen LogP contribution in [-0.2, 0) is 6.42 Å². The Bertz CT molecular complexity index is 682. The maximum atomic E-state index is 9.70. The molecule has 1 heterocycles. The van der Waals surface area contributed by atoms with E-state index in [1.165, 1.54) is 5.56 Å². The van der Waals surface area contributed by atoms with Crippen LogP contribution in [0.1, 0.15) is 5.56 Å². The van der Waals surface area contributed by atoms with Gasteiger partial charge in [0.15, 0.2) is 0 Å². The average molecular weight is 311 g/mol. The van der Waals surface area contributed by atoms with Crippen molar-refractivity contribution in [2.45, 2.75) is 12.5 Å². The highest BCUT2D eigenvalue weighted by molar-refractivity contribution is 5.63. The van der Waals surface area contributed by atoms with Crippen molar-refractivity contribution < 1.29 is 14.6 Å². The summed E-state index contributed by atoms with van der Waals surface area (Å²) in [4.78, 5) is 2.18. The van der Waals surface area contributed by atoms with Crippen LogP contribution in [0.3, 0.4) is 0 Å². The second-order valence-electron chi connectivity index (χ2n) is 5.64. The number of phenolic OH excluding ortho intramolecular Hbond substituents is 1. The number of hydrogen-bond acceptors (Lipinski definition) is 4. The predicted molar refractivity (Wildman–Crippen MR) is 91.6 cm³/mol. The Labute approximate surface area is 136 Å². The van der Waals surface area contributed by atoms with Crippen LogP contribution in [-0.4, -0.2) is 31.4 Å². The SMILES string of the molecule is C=CCN1CC(Cc2ccc(OC)cc2)Oc2ccc(O)cc21. The molecule has 0 saturated heterocycles. The van der Waals surface area contributed by atoms with Gasteiger partial charge >= 0.3 is 0 Å². The fourth-order valence-corrected chi connectivity index (χ4v) is 2.87. The van der Waals surface area contributed by atoms with E-state index in [0.29, 0.717) is 0 Å². The predicted octanol–water partition coefficient (Wildman–Crippen LogP) is 3.40. The molecule has 0 radical (unpaired) electrons. The summed E-state index contributed by atoms with van der Waals surface area (Å²) in [6.45, 7) is 5.30. The maximum absolute atomic E-state index is 9.70. The molecular weight excluding hydrogens is 290 g/mol. The number of aromatic hydroxyl groups is 1. The number of rotatable bonds is 5. The van der Waals surface area contributed by atoms with Crippen LogP contribution >= 0.6 is 0 Å². The highest BCUT2D eigenvalue weighted by atomic mass is 16.5. The van der Waals surface area contributed by atoms with Gasteiger partial charge in [-0.15, -0.1) is 6.58 Å². The lowest BCUT2D eigenvalue weighted by Crippen LogP contribution is -2.41. The summed E-state index contributed by atoms with van der Waals surface area (Å²) < 4.78 is 11.3. The van der Waals surface area contributed by atoms with Gasteiger partial charge < -0.3 is 19.5 Å². The third-order valence-electron chi connectivity index (χ3n) is 3.97. The van der Waals surface area contributed by atoms with Crippen molar-refractivity contribution in [3.63, 3.8) is 0 Å². The number of fused-ring (bicyclic) bond motifs is 1. The minimum absolute atomic E-state index is 0.0559. The van der Waals surface area contributed by atoms with E-state index in [2.05, 4.69) is 23.6 Å². The Morgan fingerprint density at radius 3 is 2.78 bits per heavy atom. The number of nitrogens with zero attached hydrogens (tertiary/aromatic N) is 1. The minimum Gasteiger partial charge on any atom is -0.508 e. The van der Waals surface area contributed by atoms with Gasteiger partial charge in [-0.3, -0.25) is 0 Å². The lowest BCUT2D eigenvalue weighted by Gasteiger charge is -2.36. The highest BCUT2D eigenvalue weighted by Gasteiger charge is 2.25. The van der Waals surface area contributed by atoms with Crippen LogP contribution in [0.4, 0.5) is 5.69 Å². The molecule has 4 heteroatoms. The molecule has 23 heavy (non-hydrogen) atoms. The topological polar surface area (TPSA) is 41.9 Å². The second kappa shape index (κ2) is 6.65. The van der Waals surface area contributed by atoms with Crippen LogP contribution in [0.2, 0.25) is 0 Å². The van der Waals surface area contributed by atoms with Crippen molar-refractivity contribution in [3.8, 4) is 17.2 Å². The first-order valence-electron chi connectivity index (χ1n) is 7.68. The van der Waals surface area contributed by atoms with E-state index in [9.17, 15) is 5.11 Å². The van der Waals surface area contributed by atoms with Crippen LogP contribution in [0, 0.1) is 0 Å². The minimum atomic E-state index is 0.0559. The van der Waals surface area contributed by atoms with E-state index in [1.807, 2.05) is 24.3 Å². The van der Waals surface area contributed by atoms with Crippen molar-refractivity contribution in [2.75, 3.05) is 25.1 Å². The molecule has 1 atom stereocenters. The number of phenols is 1. The second-order valence-corrected chi connectivity index (χ2v) is 5.64. The summed E-state index contributed by atoms with van der Waals surface area (Å²) in [6.07, 6.45) is 2.74. The molecule has 3 rings (SSSR count). The molecule has 2 aromatic rings. The first kappa shape index (κ1) is 15.3. The number of benzene rings is 2. The van der Waals surface area contributed by atoms with Crippen LogP contribution in [0.15, 0.2) is 55.1 Å². The number of anilines is 1. The van der Waals surface area contributed by atoms with Crippen LogP contribution < -0.4 is 14.4 Å². The Hall–Kier alpha value is -2.62. The van der Waals surface area contributed by atoms with Gasteiger partial charge in [0.2, 0.25) is 0 Å². The summed E-state index contributed by atoms with van der Waals surface area (Å²) in [7, 11) is 1.67. The smallest absolute Gasteiger partial charge is 0.143 e. The van der Waals surface area contributed by atoms with Crippen molar-refractivity contribution >= 4 is 5.69 Å². The van der Waals surface area contributed by atoms with E-state index < -0.39 is 0 Å². The number of hydrogen-bond donors (Lipinski definition) is 1. The zero-order valence-corrected chi connectivity index (χ0v) is 13.2. The highest BCUT2D eigenvalue weighted by Crippen LogP contribution is 2.36. The maximum Gasteiger partial charge on any atom is 0.143 e. The zero-order valence-electron chi connectivity index (χ0n) is 13.2. The lowest BCUT2D eigenvalue weighted by molar-refractivity contribution is 0.194. The Balaban J connectivity index is 1.79. The summed E-state index contributed by atoms with van der Waals surface area (Å²) in [5.74, 6) is 1.90. The van der Waals surface area contributed by atoms with Gasteiger partial charge in [0.1, 0.15) is 23.4 Å². The number of ether oxygens (including phenoxy) is 2. The molecule has 0 aromatic heterocycles. The molecule has 0 spiro atoms. The van der Waals surface area contributed by atoms with Gasteiger partial charge in [0.25, 0.3) is 0 Å². The van der Waals surface area contributed by atoms with E-state index >= 15 is 0 Å². The monoisotopic (exact) mass is 311 g/mol. The average Bonchev–Trinajstić information content (AvgIpc) is 2.56. The van der Waals surface area contributed by atoms with Crippen LogP contribution in [0.5, 0.6) is 17.2 Å². The molecule has 1 unspecified atom stereocenters. The summed E-state index contributed by atoms with van der Waals surface area (Å²) in [6, 6.07) is 13.3. The molecule has 1 aliphatic rings. The molecule has 0 saturated carbocycles. The lowest BCUT2D eigenvalue weighted by atomic mass is 10.0. The van der Waals surface area contributed by atoms with Gasteiger partial charge in [0.05, 0.1) is 19.3 Å². The van der Waals surface area contributed by atoms with Crippen LogP contribution in [0.25, 0.3) is 0 Å². The number of methoxy groups -OCH3 is 1. The Morgan fingerprint density at radius 1 is 1.30 bits per heavy atom. The third kappa shape index (κ3) is 3.42. The molecule has 0 fully saturated rings. The van der Waals surface area contributed by atoms with Crippen molar-refractivity contribution in [3.05, 3.63) is 60.7 Å². The summed E-state index contributed by atoms with van der Waals surface area (Å²) in [5.41, 5.74) is 2.12. The molecular formula is C19H21NO3. The van der Waals surface area contributed by atoms with E-state index in [0.717, 1.165) is 36.7 Å². The van der Waals surface area contributed by atoms with E-state index in [-0.39, 0.29) is 11.9 Å². The first-order valence-corrected chi connectivity index (χ1v) is 7.68. The molecule has 4 nitrogen and oxygen atoms in total. The molecule has 120 valence electrons. The molecule has 0 amide bonds. The van der Waals surface area contributed by atoms with Crippen molar-refractivity contribution in [2.24, 2.45) is 0 Å². The Kier molecular flexibility index (Phi) is 4.42. The first-order chi connectivity index (χ1) is 11.2. The standard InChI is InChI=1S/C19H21NO3/c1-3-10-20-13-17(11-14-4-7-16(22-2)8-5-14)23-19-9-6-15(21)12-18(19)20/h3-9,12,17,21H,1,10-11,13H2,2H3. The van der Waals surface area contributed by atoms with E-state index in [1.54, 1.807) is 19.2 Å². The third-order valence-corrected chi connectivity index (χ3v) is 3.97. The van der Waals surface area contributed by atoms with Crippen molar-refractivity contribution in [1.29, 1.82) is 0 Å². The summed E-state index contributed by atoms with van der Waals surface area (Å²) in [5, 5.41) is 9.70. The fraction of sp³-hybridized carbons (Fsp3) is 0.263. The zero-order chi connectivity index (χ0) is 16.2. The van der Waals surface area contributed by atoms with E-state index in [4.69, 9.17) is 9.47 Å². The fourth-order valence-electron chi connectivity index (χ4n) is 2.87. The summed E-state index contributed by atoms with van der Waals surface area (Å²) >= 11 is 0. The quantitative estimate of drug-likeness (QED) is 0.859. The molecule has 1 aliphatic heterocycles. The van der Waals surface area contributed by atoms with Gasteiger partial charge in [-0.2, -0.15) is 0 Å². The van der Waals surface area contributed by atoms with Gasteiger partial charge in [-0.25, -0.2) is 0 Å². The normalized spacial score (nSPS) is 16.4. The van der Waals surface area contributed by atoms with Gasteiger partial charge in [0, 0.05) is 19.0 Å². The molecule has 0 bridgehead atoms. The molecule has 2 aromatic carbocycles. The van der Waals surface area contributed by atoms with Crippen molar-refractivity contribution in [1.82, 2.24) is 0 Å². The molecule has 1 N–H and O–H groups in total. The van der Waals surface area contributed by atoms with Gasteiger partial charge in [-0.1, -0.05) is 18.2 Å². The molecule has 0 aliphatic carbocycles. The Morgan fingerprint density at radius 2 is 2.09 bits per heavy atom.